The summed E-state index contributed by atoms with van der Waals surface area (Å²) >= 11 is 0. The number of hydrogen-bond acceptors (Lipinski definition) is 5. The molecule has 58 heavy (non-hydrogen) atoms. The first-order valence-electron chi connectivity index (χ1n) is 19.2. The Morgan fingerprint density at radius 1 is 0.397 bits per heavy atom. The zero-order valence-corrected chi connectivity index (χ0v) is 31.6. The highest BCUT2D eigenvalue weighted by atomic mass is 16.3. The van der Waals surface area contributed by atoms with Crippen LogP contribution in [0.1, 0.15) is 11.1 Å². The van der Waals surface area contributed by atoms with Crippen LogP contribution < -0.4 is 0 Å². The minimum absolute atomic E-state index is 0.543. The Morgan fingerprint density at radius 2 is 0.948 bits per heavy atom. The van der Waals surface area contributed by atoms with Gasteiger partial charge in [-0.05, 0) is 87.8 Å². The van der Waals surface area contributed by atoms with Crippen LogP contribution >= 0.6 is 0 Å². The summed E-state index contributed by atoms with van der Waals surface area (Å²) in [5.41, 5.74) is 14.7. The summed E-state index contributed by atoms with van der Waals surface area (Å²) in [5, 5.41) is 11.4. The van der Waals surface area contributed by atoms with Crippen LogP contribution in [0, 0.1) is 18.3 Å². The van der Waals surface area contributed by atoms with Crippen LogP contribution in [0.5, 0.6) is 0 Å². The average molecular weight is 743 g/mol. The van der Waals surface area contributed by atoms with Crippen LogP contribution in [0.3, 0.4) is 0 Å². The maximum atomic E-state index is 9.36. The zero-order valence-electron chi connectivity index (χ0n) is 31.6. The highest BCUT2D eigenvalue weighted by molar-refractivity contribution is 6.13. The molecule has 0 amide bonds. The fourth-order valence-corrected chi connectivity index (χ4v) is 7.75. The Balaban J connectivity index is 1.11. The van der Waals surface area contributed by atoms with Gasteiger partial charge in [0.05, 0.1) is 11.6 Å². The molecule has 0 radical (unpaired) electrons. The molecule has 5 heteroatoms. The number of aryl methyl sites for hydroxylation is 1. The van der Waals surface area contributed by atoms with Gasteiger partial charge in [-0.3, -0.25) is 0 Å². The van der Waals surface area contributed by atoms with Crippen molar-refractivity contribution in [3.05, 3.63) is 199 Å². The Kier molecular flexibility index (Phi) is 8.70. The van der Waals surface area contributed by atoms with E-state index in [1.807, 2.05) is 72.8 Å². The van der Waals surface area contributed by atoms with Crippen molar-refractivity contribution in [1.29, 1.82) is 5.26 Å². The van der Waals surface area contributed by atoms with Crippen molar-refractivity contribution >= 4 is 21.9 Å². The van der Waals surface area contributed by atoms with E-state index < -0.39 is 0 Å². The van der Waals surface area contributed by atoms with Gasteiger partial charge in [0.2, 0.25) is 0 Å². The van der Waals surface area contributed by atoms with Crippen LogP contribution in [0.15, 0.2) is 192 Å². The first kappa shape index (κ1) is 34.5. The number of fused-ring (bicyclic) bond motifs is 3. The molecule has 2 heterocycles. The fraction of sp³-hybridized carbons (Fsp3) is 0.0189. The molecule has 0 aliphatic heterocycles. The van der Waals surface area contributed by atoms with Crippen molar-refractivity contribution in [2.24, 2.45) is 0 Å². The number of nitrogens with zero attached hydrogens (tertiary/aromatic N) is 4. The van der Waals surface area contributed by atoms with Crippen molar-refractivity contribution in [1.82, 2.24) is 15.0 Å². The third-order valence-corrected chi connectivity index (χ3v) is 10.7. The molecule has 0 unspecified atom stereocenters. The predicted molar refractivity (Wildman–Crippen MR) is 235 cm³/mol. The van der Waals surface area contributed by atoms with Gasteiger partial charge in [0.1, 0.15) is 11.2 Å². The molecule has 272 valence electrons. The molecule has 0 saturated carbocycles. The van der Waals surface area contributed by atoms with E-state index in [1.165, 1.54) is 16.7 Å². The first-order chi connectivity index (χ1) is 28.6. The number of hydrogen-bond donors (Lipinski definition) is 0. The maximum Gasteiger partial charge on any atom is 0.164 e. The Labute approximate surface area is 336 Å². The number of benzene rings is 8. The van der Waals surface area contributed by atoms with Crippen molar-refractivity contribution in [3.8, 4) is 84.7 Å². The molecule has 0 atom stereocenters. The molecule has 0 aliphatic carbocycles. The molecule has 0 fully saturated rings. The third-order valence-electron chi connectivity index (χ3n) is 10.7. The minimum Gasteiger partial charge on any atom is -0.456 e. The van der Waals surface area contributed by atoms with Crippen molar-refractivity contribution in [2.75, 3.05) is 0 Å². The van der Waals surface area contributed by atoms with E-state index in [0.29, 0.717) is 23.0 Å². The molecule has 0 aliphatic rings. The lowest BCUT2D eigenvalue weighted by Gasteiger charge is -2.13. The highest BCUT2D eigenvalue weighted by Crippen LogP contribution is 2.39. The molecule has 0 bridgehead atoms. The topological polar surface area (TPSA) is 75.6 Å². The third kappa shape index (κ3) is 6.49. The largest absolute Gasteiger partial charge is 0.456 e. The second-order valence-electron chi connectivity index (χ2n) is 14.4. The van der Waals surface area contributed by atoms with Gasteiger partial charge in [-0.25, -0.2) is 15.0 Å². The molecule has 2 aromatic heterocycles. The van der Waals surface area contributed by atoms with Gasteiger partial charge in [-0.2, -0.15) is 5.26 Å². The summed E-state index contributed by atoms with van der Waals surface area (Å²) in [6.07, 6.45) is 0. The predicted octanol–water partition coefficient (Wildman–Crippen LogP) is 13.6. The van der Waals surface area contributed by atoms with Crippen molar-refractivity contribution < 1.29 is 4.42 Å². The van der Waals surface area contributed by atoms with E-state index in [9.17, 15) is 5.26 Å². The SMILES string of the molecule is Cc1cccc(-c2ccccc2-c2nc(-c3cccc(-c4ccc(C#N)cc4)c3)nc(-c3ccc4c(c3)oc3cccc(-c5ccc(-c6ccccc6)cc5)c34)n2)c1. The molecule has 0 N–H and O–H groups in total. The summed E-state index contributed by atoms with van der Waals surface area (Å²) in [6, 6.07) is 66.4. The monoisotopic (exact) mass is 742 g/mol. The summed E-state index contributed by atoms with van der Waals surface area (Å²) in [5.74, 6) is 1.68. The molecule has 5 nitrogen and oxygen atoms in total. The number of furan rings is 1. The van der Waals surface area contributed by atoms with E-state index in [4.69, 9.17) is 19.4 Å². The Morgan fingerprint density at radius 3 is 1.72 bits per heavy atom. The average Bonchev–Trinajstić information content (AvgIpc) is 3.68. The van der Waals surface area contributed by atoms with E-state index in [-0.39, 0.29) is 0 Å². The highest BCUT2D eigenvalue weighted by Gasteiger charge is 2.19. The van der Waals surface area contributed by atoms with E-state index in [2.05, 4.69) is 128 Å². The van der Waals surface area contributed by atoms with E-state index in [0.717, 1.165) is 72.0 Å². The first-order valence-corrected chi connectivity index (χ1v) is 19.2. The van der Waals surface area contributed by atoms with Gasteiger partial charge >= 0.3 is 0 Å². The fourth-order valence-electron chi connectivity index (χ4n) is 7.75. The lowest BCUT2D eigenvalue weighted by molar-refractivity contribution is 0.669. The van der Waals surface area contributed by atoms with Crippen molar-refractivity contribution in [3.63, 3.8) is 0 Å². The van der Waals surface area contributed by atoms with Crippen LogP contribution in [-0.4, -0.2) is 15.0 Å². The zero-order chi connectivity index (χ0) is 39.0. The minimum atomic E-state index is 0.543. The quantitative estimate of drug-likeness (QED) is 0.162. The second-order valence-corrected chi connectivity index (χ2v) is 14.4. The number of rotatable bonds is 7. The lowest BCUT2D eigenvalue weighted by atomic mass is 9.96. The summed E-state index contributed by atoms with van der Waals surface area (Å²) < 4.78 is 6.58. The summed E-state index contributed by atoms with van der Waals surface area (Å²) in [7, 11) is 0. The molecular formula is C53H34N4O. The second kappa shape index (κ2) is 14.6. The Bertz CT molecular complexity index is 3180. The maximum absolute atomic E-state index is 9.36. The van der Waals surface area contributed by atoms with Crippen molar-refractivity contribution in [2.45, 2.75) is 6.92 Å². The van der Waals surface area contributed by atoms with E-state index in [1.54, 1.807) is 0 Å². The standard InChI is InChI=1S/C53H34N4O/c1-34-10-7-14-41(30-34)44-16-5-6-17-46(44)53-56-51(42-15-8-13-40(31-42)38-22-20-35(33-54)21-23-38)55-52(57-53)43-28-29-47-49(32-43)58-48-19-9-18-45(50(47)48)39-26-24-37(25-27-39)36-11-3-2-4-12-36/h2-32H,1H3. The molecule has 10 aromatic rings. The molecule has 10 rings (SSSR count). The van der Waals surface area contributed by atoms with Crippen LogP contribution in [0.2, 0.25) is 0 Å². The smallest absolute Gasteiger partial charge is 0.164 e. The summed E-state index contributed by atoms with van der Waals surface area (Å²) in [4.78, 5) is 15.5. The van der Waals surface area contributed by atoms with Gasteiger partial charge in [-0.15, -0.1) is 0 Å². The number of aromatic nitrogens is 3. The van der Waals surface area contributed by atoms with Crippen LogP contribution in [0.4, 0.5) is 0 Å². The van der Waals surface area contributed by atoms with Crippen LogP contribution in [-0.2, 0) is 0 Å². The normalized spacial score (nSPS) is 11.2. The Hall–Kier alpha value is -7.94. The summed E-state index contributed by atoms with van der Waals surface area (Å²) in [6.45, 7) is 2.10. The number of nitriles is 1. The van der Waals surface area contributed by atoms with Gasteiger partial charge < -0.3 is 4.42 Å². The molecule has 0 saturated heterocycles. The van der Waals surface area contributed by atoms with Gasteiger partial charge in [0.25, 0.3) is 0 Å². The molecular weight excluding hydrogens is 709 g/mol. The van der Waals surface area contributed by atoms with Gasteiger partial charge in [0.15, 0.2) is 17.5 Å². The van der Waals surface area contributed by atoms with Gasteiger partial charge in [-0.1, -0.05) is 157 Å². The lowest BCUT2D eigenvalue weighted by Crippen LogP contribution is -2.01. The van der Waals surface area contributed by atoms with Crippen LogP contribution in [0.25, 0.3) is 101 Å². The molecule has 8 aromatic carbocycles. The molecule has 0 spiro atoms. The van der Waals surface area contributed by atoms with E-state index >= 15 is 0 Å². The van der Waals surface area contributed by atoms with Gasteiger partial charge in [0, 0.05) is 27.5 Å².